The lowest BCUT2D eigenvalue weighted by molar-refractivity contribution is 0.397. The average Bonchev–Trinajstić information content (AvgIpc) is 3.34. The van der Waals surface area contributed by atoms with E-state index in [2.05, 4.69) is 128 Å². The van der Waals surface area contributed by atoms with Crippen molar-refractivity contribution in [2.75, 3.05) is 0 Å². The number of hydrogen-bond acceptors (Lipinski definition) is 1. The zero-order chi connectivity index (χ0) is 34.3. The largest absolute Gasteiger partial charge is 0.309 e. The molecule has 2 unspecified atom stereocenters. The van der Waals surface area contributed by atoms with Crippen LogP contribution in [0.2, 0.25) is 0 Å². The maximum absolute atomic E-state index is 15.4. The molecule has 0 aliphatic heterocycles. The highest BCUT2D eigenvalue weighted by molar-refractivity contribution is 7.85. The van der Waals surface area contributed by atoms with E-state index in [0.29, 0.717) is 0 Å². The molecule has 0 saturated carbocycles. The lowest BCUT2D eigenvalue weighted by Gasteiger charge is -2.46. The fraction of sp³-hybridized carbons (Fsp3) is 0.0833. The molecule has 50 heavy (non-hydrogen) atoms. The summed E-state index contributed by atoms with van der Waals surface area (Å²) in [6.07, 6.45) is 19.7. The number of rotatable bonds is 6. The van der Waals surface area contributed by atoms with Crippen molar-refractivity contribution in [3.05, 3.63) is 203 Å². The number of hydrogen-bond donors (Lipinski definition) is 0. The molecular weight excluding hydrogens is 624 g/mol. The molecule has 6 aromatic carbocycles. The highest BCUT2D eigenvalue weighted by Crippen LogP contribution is 2.61. The second kappa shape index (κ2) is 12.2. The van der Waals surface area contributed by atoms with Crippen LogP contribution < -0.4 is 26.4 Å². The summed E-state index contributed by atoms with van der Waals surface area (Å²) in [5.74, 6) is 3.06. The van der Waals surface area contributed by atoms with Gasteiger partial charge in [0.25, 0.3) is 0 Å². The quantitative estimate of drug-likeness (QED) is 0.130. The van der Waals surface area contributed by atoms with Crippen molar-refractivity contribution in [2.24, 2.45) is 5.41 Å². The second-order valence-corrected chi connectivity index (χ2v) is 16.0. The zero-order valence-corrected chi connectivity index (χ0v) is 29.0. The van der Waals surface area contributed by atoms with Crippen molar-refractivity contribution in [2.45, 2.75) is 19.3 Å². The molecule has 0 amide bonds. The molecular formula is C48H35OP. The Hall–Kier alpha value is -5.85. The Morgan fingerprint density at radius 2 is 1.36 bits per heavy atom. The molecule has 1 nitrogen and oxygen atoms in total. The normalized spacial score (nSPS) is 19.5. The molecule has 2 aliphatic carbocycles. The predicted octanol–water partition coefficient (Wildman–Crippen LogP) is 8.18. The van der Waals surface area contributed by atoms with E-state index in [4.69, 9.17) is 6.42 Å². The summed E-state index contributed by atoms with van der Waals surface area (Å²) in [6.45, 7) is 4.34. The Morgan fingerprint density at radius 1 is 0.760 bits per heavy atom. The van der Waals surface area contributed by atoms with Gasteiger partial charge in [0.2, 0.25) is 0 Å². The van der Waals surface area contributed by atoms with Gasteiger partial charge >= 0.3 is 0 Å². The van der Waals surface area contributed by atoms with Gasteiger partial charge in [-0.3, -0.25) is 0 Å². The van der Waals surface area contributed by atoms with Crippen LogP contribution in [0.4, 0.5) is 0 Å². The molecule has 0 saturated heterocycles. The topological polar surface area (TPSA) is 17.1 Å². The molecule has 0 aromatic heterocycles. The molecule has 0 spiro atoms. The van der Waals surface area contributed by atoms with Gasteiger partial charge in [0.15, 0.2) is 7.14 Å². The fourth-order valence-corrected chi connectivity index (χ4v) is 10.9. The second-order valence-electron chi connectivity index (χ2n) is 13.2. The molecule has 8 rings (SSSR count). The molecule has 0 radical (unpaired) electrons. The highest BCUT2D eigenvalue weighted by atomic mass is 31.2. The summed E-state index contributed by atoms with van der Waals surface area (Å²) < 4.78 is 15.4. The van der Waals surface area contributed by atoms with E-state index >= 15 is 4.57 Å². The van der Waals surface area contributed by atoms with Crippen molar-refractivity contribution < 1.29 is 4.57 Å². The number of allylic oxidation sites excluding steroid dienone is 6. The first-order chi connectivity index (χ1) is 24.4. The SMILES string of the molecule is C#CC1=C(/C=C\C)C(c2ccc(P(=O)(c3ccccc3)c3ccccc3)cc2)(C2(C)C=CC=c3cc4ccccc4cc3=C2)c2ccc#cc21. The molecule has 2 atom stereocenters. The minimum Gasteiger partial charge on any atom is -0.309 e. The van der Waals surface area contributed by atoms with Gasteiger partial charge in [-0.1, -0.05) is 171 Å². The van der Waals surface area contributed by atoms with Crippen LogP contribution in [0.15, 0.2) is 163 Å². The Balaban J connectivity index is 1.43. The van der Waals surface area contributed by atoms with Crippen molar-refractivity contribution >= 4 is 51.6 Å². The van der Waals surface area contributed by atoms with Crippen molar-refractivity contribution in [1.82, 2.24) is 0 Å². The Labute approximate surface area is 294 Å². The van der Waals surface area contributed by atoms with Crippen LogP contribution in [0.3, 0.4) is 0 Å². The van der Waals surface area contributed by atoms with E-state index in [0.717, 1.165) is 49.0 Å². The van der Waals surface area contributed by atoms with Gasteiger partial charge in [-0.15, -0.1) is 6.42 Å². The fourth-order valence-electron chi connectivity index (χ4n) is 8.24. The van der Waals surface area contributed by atoms with Crippen LogP contribution >= 0.6 is 7.14 Å². The average molecular weight is 659 g/mol. The maximum Gasteiger partial charge on any atom is 0.171 e. The molecule has 238 valence electrons. The smallest absolute Gasteiger partial charge is 0.171 e. The minimum atomic E-state index is -3.18. The molecule has 0 fully saturated rings. The van der Waals surface area contributed by atoms with E-state index < -0.39 is 18.0 Å². The predicted molar refractivity (Wildman–Crippen MR) is 211 cm³/mol. The van der Waals surface area contributed by atoms with Crippen LogP contribution in [0.25, 0.3) is 28.5 Å². The molecule has 0 bridgehead atoms. The summed E-state index contributed by atoms with van der Waals surface area (Å²) in [5.41, 5.74) is 3.52. The summed E-state index contributed by atoms with van der Waals surface area (Å²) in [6, 6.07) is 51.9. The molecule has 0 N–H and O–H groups in total. The van der Waals surface area contributed by atoms with Gasteiger partial charge in [0.05, 0.1) is 5.41 Å². The Kier molecular flexibility index (Phi) is 7.69. The maximum atomic E-state index is 15.4. The van der Waals surface area contributed by atoms with Crippen molar-refractivity contribution in [1.29, 1.82) is 0 Å². The summed E-state index contributed by atoms with van der Waals surface area (Å²) in [7, 11) is -3.18. The van der Waals surface area contributed by atoms with Crippen LogP contribution in [0.5, 0.6) is 0 Å². The van der Waals surface area contributed by atoms with Gasteiger partial charge in [-0.05, 0) is 69.1 Å². The van der Waals surface area contributed by atoms with Crippen molar-refractivity contribution in [3.8, 4) is 12.3 Å². The van der Waals surface area contributed by atoms with E-state index in [1.165, 1.54) is 16.0 Å². The van der Waals surface area contributed by atoms with Crippen LogP contribution in [-0.4, -0.2) is 0 Å². The summed E-state index contributed by atoms with van der Waals surface area (Å²) >= 11 is 0. The molecule has 0 heterocycles. The first-order valence-corrected chi connectivity index (χ1v) is 18.7. The summed E-state index contributed by atoms with van der Waals surface area (Å²) in [4.78, 5) is 0. The number of fused-ring (bicyclic) bond motifs is 3. The van der Waals surface area contributed by atoms with Crippen LogP contribution in [0, 0.1) is 29.9 Å². The van der Waals surface area contributed by atoms with Gasteiger partial charge < -0.3 is 4.57 Å². The summed E-state index contributed by atoms with van der Waals surface area (Å²) in [5, 5.41) is 7.12. The third-order valence-electron chi connectivity index (χ3n) is 10.4. The van der Waals surface area contributed by atoms with E-state index in [1.54, 1.807) is 0 Å². The van der Waals surface area contributed by atoms with E-state index in [9.17, 15) is 0 Å². The minimum absolute atomic E-state index is 0.599. The van der Waals surface area contributed by atoms with Crippen molar-refractivity contribution in [3.63, 3.8) is 0 Å². The number of benzene rings is 5. The Bertz CT molecular complexity index is 2540. The lowest BCUT2D eigenvalue weighted by Crippen LogP contribution is -2.44. The van der Waals surface area contributed by atoms with E-state index in [1.807, 2.05) is 73.7 Å². The van der Waals surface area contributed by atoms with Crippen LogP contribution in [0.1, 0.15) is 30.5 Å². The van der Waals surface area contributed by atoms with Gasteiger partial charge in [0, 0.05) is 32.5 Å². The third-order valence-corrected chi connectivity index (χ3v) is 13.5. The lowest BCUT2D eigenvalue weighted by atomic mass is 9.55. The first kappa shape index (κ1) is 31.4. The van der Waals surface area contributed by atoms with Gasteiger partial charge in [-0.25, -0.2) is 0 Å². The number of terminal acetylenes is 1. The standard InChI is InChI=1S/C48H35OP/c1-4-17-45-43(5-2)44-25-14-15-26-46(44)48(45,47(3)31-16-20-37-32-35-18-12-13-19-36(35)33-38(37)34-47)39-27-29-42(30-28-39)50(49,40-21-8-6-9-22-40)41-23-10-7-11-24-41/h2,4,6-13,15-24,26-34H,1,3H3/b17-4-. The zero-order valence-electron chi connectivity index (χ0n) is 28.1. The Morgan fingerprint density at radius 3 is 1.98 bits per heavy atom. The highest BCUT2D eigenvalue weighted by Gasteiger charge is 2.55. The molecule has 2 heteroatoms. The molecule has 6 aromatic rings. The van der Waals surface area contributed by atoms with Gasteiger partial charge in [0.1, 0.15) is 0 Å². The van der Waals surface area contributed by atoms with Gasteiger partial charge in [-0.2, -0.15) is 0 Å². The molecule has 2 aliphatic rings. The van der Waals surface area contributed by atoms with Crippen LogP contribution in [-0.2, 0) is 9.98 Å². The first-order valence-electron chi connectivity index (χ1n) is 16.9. The monoisotopic (exact) mass is 658 g/mol. The third kappa shape index (κ3) is 4.63. The van der Waals surface area contributed by atoms with E-state index in [-0.39, 0.29) is 0 Å².